The number of likely N-dealkylation sites (tertiary alicyclic amines) is 1. The lowest BCUT2D eigenvalue weighted by molar-refractivity contribution is 0.208. The van der Waals surface area contributed by atoms with Crippen LogP contribution in [0.2, 0.25) is 0 Å². The Hall–Kier alpha value is -2.49. The minimum absolute atomic E-state index is 0.0281. The first-order valence-electron chi connectivity index (χ1n) is 9.21. The van der Waals surface area contributed by atoms with Gasteiger partial charge in [0.1, 0.15) is 5.75 Å². The molecule has 4 nitrogen and oxygen atoms in total. The molecule has 1 saturated heterocycles. The summed E-state index contributed by atoms with van der Waals surface area (Å²) < 4.78 is 5.22. The Morgan fingerprint density at radius 3 is 2.42 bits per heavy atom. The molecule has 1 heterocycles. The van der Waals surface area contributed by atoms with Crippen molar-refractivity contribution in [2.45, 2.75) is 39.7 Å². The minimum atomic E-state index is 0.0281. The van der Waals surface area contributed by atoms with Crippen molar-refractivity contribution in [1.82, 2.24) is 10.2 Å². The molecule has 138 valence electrons. The quantitative estimate of drug-likeness (QED) is 0.890. The molecule has 0 spiro atoms. The van der Waals surface area contributed by atoms with Crippen LogP contribution < -0.4 is 10.1 Å². The van der Waals surface area contributed by atoms with Crippen LogP contribution in [-0.4, -0.2) is 31.1 Å². The molecule has 1 N–H and O–H groups in total. The van der Waals surface area contributed by atoms with E-state index in [2.05, 4.69) is 50.4 Å². The summed E-state index contributed by atoms with van der Waals surface area (Å²) in [4.78, 5) is 14.5. The molecule has 0 bridgehead atoms. The van der Waals surface area contributed by atoms with Crippen molar-refractivity contribution < 1.29 is 9.53 Å². The fourth-order valence-electron chi connectivity index (χ4n) is 3.86. The summed E-state index contributed by atoms with van der Waals surface area (Å²) in [7, 11) is 1.67. The smallest absolute Gasteiger partial charge is 0.317 e. The number of ether oxygens (including phenoxy) is 1. The van der Waals surface area contributed by atoms with Crippen LogP contribution in [-0.2, 0) is 6.54 Å². The van der Waals surface area contributed by atoms with E-state index in [-0.39, 0.29) is 6.03 Å². The van der Waals surface area contributed by atoms with Crippen molar-refractivity contribution in [3.8, 4) is 5.75 Å². The summed E-state index contributed by atoms with van der Waals surface area (Å²) in [6, 6.07) is 12.5. The first-order chi connectivity index (χ1) is 12.5. The summed E-state index contributed by atoms with van der Waals surface area (Å²) in [6.45, 7) is 8.47. The minimum Gasteiger partial charge on any atom is -0.497 e. The molecule has 1 atom stereocenters. The monoisotopic (exact) mass is 352 g/mol. The normalized spacial score (nSPS) is 16.6. The van der Waals surface area contributed by atoms with Crippen molar-refractivity contribution in [2.24, 2.45) is 0 Å². The molecule has 2 amide bonds. The molecule has 0 aliphatic carbocycles. The second kappa shape index (κ2) is 7.81. The number of carbonyl (C=O) groups is 1. The van der Waals surface area contributed by atoms with E-state index in [1.807, 2.05) is 17.0 Å². The lowest BCUT2D eigenvalue weighted by atomic mass is 9.98. The molecular weight excluding hydrogens is 324 g/mol. The molecule has 1 unspecified atom stereocenters. The Kier molecular flexibility index (Phi) is 5.50. The SMILES string of the molecule is COc1ccc(C2CCN(C(=O)NCc3c(C)cc(C)cc3C)C2)cc1. The number of carbonyl (C=O) groups excluding carboxylic acids is 1. The first kappa shape index (κ1) is 18.3. The van der Waals surface area contributed by atoms with Gasteiger partial charge >= 0.3 is 6.03 Å². The summed E-state index contributed by atoms with van der Waals surface area (Å²) in [5.74, 6) is 1.26. The third-order valence-corrected chi connectivity index (χ3v) is 5.32. The topological polar surface area (TPSA) is 41.6 Å². The maximum atomic E-state index is 12.6. The Bertz CT molecular complexity index is 760. The lowest BCUT2D eigenvalue weighted by Crippen LogP contribution is -2.38. The van der Waals surface area contributed by atoms with Gasteiger partial charge in [-0.25, -0.2) is 4.79 Å². The van der Waals surface area contributed by atoms with Crippen LogP contribution in [0, 0.1) is 20.8 Å². The Balaban J connectivity index is 1.58. The average Bonchev–Trinajstić information content (AvgIpc) is 3.11. The highest BCUT2D eigenvalue weighted by molar-refractivity contribution is 5.74. The molecule has 3 rings (SSSR count). The molecule has 26 heavy (non-hydrogen) atoms. The van der Waals surface area contributed by atoms with Crippen molar-refractivity contribution >= 4 is 6.03 Å². The van der Waals surface area contributed by atoms with Gasteiger partial charge in [-0.05, 0) is 61.6 Å². The van der Waals surface area contributed by atoms with Crippen LogP contribution in [0.15, 0.2) is 36.4 Å². The third kappa shape index (κ3) is 4.01. The largest absolute Gasteiger partial charge is 0.497 e. The van der Waals surface area contributed by atoms with Gasteiger partial charge < -0.3 is 15.0 Å². The highest BCUT2D eigenvalue weighted by Crippen LogP contribution is 2.28. The van der Waals surface area contributed by atoms with Crippen LogP contribution in [0.1, 0.15) is 40.2 Å². The summed E-state index contributed by atoms with van der Waals surface area (Å²) in [5.41, 5.74) is 6.22. The predicted octanol–water partition coefficient (Wildman–Crippen LogP) is 4.32. The van der Waals surface area contributed by atoms with Gasteiger partial charge in [0, 0.05) is 25.6 Å². The Labute approximate surface area is 156 Å². The molecule has 0 saturated carbocycles. The second-order valence-corrected chi connectivity index (χ2v) is 7.24. The van der Waals surface area contributed by atoms with E-state index < -0.39 is 0 Å². The number of hydrogen-bond donors (Lipinski definition) is 1. The fraction of sp³-hybridized carbons (Fsp3) is 0.409. The van der Waals surface area contributed by atoms with Crippen LogP contribution in [0.25, 0.3) is 0 Å². The highest BCUT2D eigenvalue weighted by Gasteiger charge is 2.27. The molecule has 2 aromatic carbocycles. The molecule has 1 aliphatic heterocycles. The molecule has 0 radical (unpaired) electrons. The van der Waals surface area contributed by atoms with Gasteiger partial charge in [0.2, 0.25) is 0 Å². The number of hydrogen-bond acceptors (Lipinski definition) is 2. The summed E-state index contributed by atoms with van der Waals surface area (Å²) in [6.07, 6.45) is 1.00. The Morgan fingerprint density at radius 1 is 1.15 bits per heavy atom. The third-order valence-electron chi connectivity index (χ3n) is 5.32. The Morgan fingerprint density at radius 2 is 1.81 bits per heavy atom. The zero-order valence-electron chi connectivity index (χ0n) is 16.1. The molecule has 1 aliphatic rings. The zero-order valence-corrected chi connectivity index (χ0v) is 16.1. The zero-order chi connectivity index (χ0) is 18.7. The number of amides is 2. The number of urea groups is 1. The van der Waals surface area contributed by atoms with Gasteiger partial charge in [0.15, 0.2) is 0 Å². The van der Waals surface area contributed by atoms with Gasteiger partial charge in [0.25, 0.3) is 0 Å². The maximum absolute atomic E-state index is 12.6. The van der Waals surface area contributed by atoms with Crippen molar-refractivity contribution in [2.75, 3.05) is 20.2 Å². The number of nitrogens with zero attached hydrogens (tertiary/aromatic N) is 1. The molecule has 4 heteroatoms. The first-order valence-corrected chi connectivity index (χ1v) is 9.21. The van der Waals surface area contributed by atoms with Crippen LogP contribution in [0.4, 0.5) is 4.79 Å². The summed E-state index contributed by atoms with van der Waals surface area (Å²) >= 11 is 0. The van der Waals surface area contributed by atoms with E-state index in [1.54, 1.807) is 7.11 Å². The van der Waals surface area contributed by atoms with Gasteiger partial charge in [-0.2, -0.15) is 0 Å². The number of nitrogens with one attached hydrogen (secondary N) is 1. The van der Waals surface area contributed by atoms with E-state index in [4.69, 9.17) is 4.74 Å². The second-order valence-electron chi connectivity index (χ2n) is 7.24. The van der Waals surface area contributed by atoms with Crippen molar-refractivity contribution in [3.05, 3.63) is 64.2 Å². The number of methoxy groups -OCH3 is 1. The number of benzene rings is 2. The summed E-state index contributed by atoms with van der Waals surface area (Å²) in [5, 5.41) is 3.10. The van der Waals surface area contributed by atoms with E-state index >= 15 is 0 Å². The van der Waals surface area contributed by atoms with Gasteiger partial charge in [0.05, 0.1) is 7.11 Å². The van der Waals surface area contributed by atoms with Crippen LogP contribution in [0.3, 0.4) is 0 Å². The van der Waals surface area contributed by atoms with Crippen LogP contribution in [0.5, 0.6) is 5.75 Å². The van der Waals surface area contributed by atoms with E-state index in [0.717, 1.165) is 25.3 Å². The van der Waals surface area contributed by atoms with E-state index in [0.29, 0.717) is 12.5 Å². The van der Waals surface area contributed by atoms with Crippen molar-refractivity contribution in [1.29, 1.82) is 0 Å². The van der Waals surface area contributed by atoms with E-state index in [9.17, 15) is 4.79 Å². The molecule has 2 aromatic rings. The predicted molar refractivity (Wildman–Crippen MR) is 105 cm³/mol. The highest BCUT2D eigenvalue weighted by atomic mass is 16.5. The van der Waals surface area contributed by atoms with Gasteiger partial charge in [-0.1, -0.05) is 29.8 Å². The fourth-order valence-corrected chi connectivity index (χ4v) is 3.86. The standard InChI is InChI=1S/C22H28N2O2/c1-15-11-16(2)21(17(3)12-15)13-23-22(25)24-10-9-19(14-24)18-5-7-20(26-4)8-6-18/h5-8,11-12,19H,9-10,13-14H2,1-4H3,(H,23,25). The molecule has 0 aromatic heterocycles. The lowest BCUT2D eigenvalue weighted by Gasteiger charge is -2.19. The number of aryl methyl sites for hydroxylation is 3. The van der Waals surface area contributed by atoms with Crippen molar-refractivity contribution in [3.63, 3.8) is 0 Å². The average molecular weight is 352 g/mol. The van der Waals surface area contributed by atoms with Gasteiger partial charge in [-0.3, -0.25) is 0 Å². The van der Waals surface area contributed by atoms with Crippen LogP contribution >= 0.6 is 0 Å². The van der Waals surface area contributed by atoms with E-state index in [1.165, 1.54) is 27.8 Å². The maximum Gasteiger partial charge on any atom is 0.317 e. The van der Waals surface area contributed by atoms with Gasteiger partial charge in [-0.15, -0.1) is 0 Å². The number of rotatable bonds is 4. The molecular formula is C22H28N2O2. The molecule has 1 fully saturated rings.